The number of carbonyl (C=O) groups excluding carboxylic acids is 2. The zero-order valence-corrected chi connectivity index (χ0v) is 18.8. The van der Waals surface area contributed by atoms with Crippen molar-refractivity contribution in [2.75, 3.05) is 0 Å². The summed E-state index contributed by atoms with van der Waals surface area (Å²) >= 11 is 6.45. The summed E-state index contributed by atoms with van der Waals surface area (Å²) in [5, 5.41) is 7.04. The number of carbonyl (C=O) groups is 2. The first-order chi connectivity index (χ1) is 15.5. The lowest BCUT2D eigenvalue weighted by Crippen LogP contribution is -2.41. The minimum Gasteiger partial charge on any atom is -0.348 e. The van der Waals surface area contributed by atoms with E-state index in [0.29, 0.717) is 11.1 Å². The summed E-state index contributed by atoms with van der Waals surface area (Å²) in [6.45, 7) is 2.00. The minimum absolute atomic E-state index is 0.112. The Bertz CT molecular complexity index is 1170. The lowest BCUT2D eigenvalue weighted by atomic mass is 9.95. The fourth-order valence-corrected chi connectivity index (χ4v) is 4.18. The van der Waals surface area contributed by atoms with E-state index in [9.17, 15) is 9.59 Å². The number of pyridine rings is 1. The zero-order chi connectivity index (χ0) is 22.5. The van der Waals surface area contributed by atoms with E-state index in [1.54, 1.807) is 30.3 Å². The van der Waals surface area contributed by atoms with Gasteiger partial charge in [0.1, 0.15) is 10.9 Å². The Balaban J connectivity index is 1.67. The van der Waals surface area contributed by atoms with Crippen LogP contribution in [0.1, 0.15) is 53.6 Å². The summed E-state index contributed by atoms with van der Waals surface area (Å²) in [5.41, 5.74) is 3.08. The largest absolute Gasteiger partial charge is 0.348 e. The van der Waals surface area contributed by atoms with Gasteiger partial charge in [-0.3, -0.25) is 9.59 Å². The van der Waals surface area contributed by atoms with Crippen LogP contribution in [0.25, 0.3) is 17.0 Å². The number of aryl methyl sites for hydroxylation is 1. The third-order valence-corrected chi connectivity index (χ3v) is 6.03. The van der Waals surface area contributed by atoms with Crippen LogP contribution in [0.5, 0.6) is 0 Å². The van der Waals surface area contributed by atoms with E-state index in [2.05, 4.69) is 15.6 Å². The monoisotopic (exact) mass is 447 g/mol. The van der Waals surface area contributed by atoms with E-state index >= 15 is 0 Å². The van der Waals surface area contributed by atoms with Gasteiger partial charge in [-0.1, -0.05) is 61.2 Å². The summed E-state index contributed by atoms with van der Waals surface area (Å²) in [7, 11) is 0. The molecule has 164 valence electrons. The molecule has 0 atom stereocenters. The molecule has 1 heterocycles. The van der Waals surface area contributed by atoms with E-state index in [-0.39, 0.29) is 28.7 Å². The highest BCUT2D eigenvalue weighted by Crippen LogP contribution is 2.24. The van der Waals surface area contributed by atoms with E-state index in [1.807, 2.05) is 37.3 Å². The second kappa shape index (κ2) is 9.96. The number of benzene rings is 2. The molecule has 2 N–H and O–H groups in total. The topological polar surface area (TPSA) is 71.1 Å². The van der Waals surface area contributed by atoms with Crippen LogP contribution in [0.15, 0.2) is 60.3 Å². The fourth-order valence-electron chi connectivity index (χ4n) is 3.98. The van der Waals surface area contributed by atoms with Crippen LogP contribution in [0, 0.1) is 6.92 Å². The van der Waals surface area contributed by atoms with Gasteiger partial charge in [-0.2, -0.15) is 0 Å². The van der Waals surface area contributed by atoms with Crippen LogP contribution in [-0.4, -0.2) is 22.8 Å². The van der Waals surface area contributed by atoms with Gasteiger partial charge in [0, 0.05) is 22.6 Å². The molecule has 0 saturated heterocycles. The first kappa shape index (κ1) is 22.0. The summed E-state index contributed by atoms with van der Waals surface area (Å²) < 4.78 is 0. The first-order valence-electron chi connectivity index (χ1n) is 11.0. The van der Waals surface area contributed by atoms with Crippen molar-refractivity contribution in [2.24, 2.45) is 0 Å². The number of nitrogens with one attached hydrogen (secondary N) is 2. The number of hydrogen-bond donors (Lipinski definition) is 2. The van der Waals surface area contributed by atoms with Gasteiger partial charge in [-0.15, -0.1) is 0 Å². The third kappa shape index (κ3) is 5.35. The molecule has 2 amide bonds. The Hall–Kier alpha value is -3.18. The zero-order valence-electron chi connectivity index (χ0n) is 18.0. The lowest BCUT2D eigenvalue weighted by molar-refractivity contribution is -0.118. The smallest absolute Gasteiger partial charge is 0.268 e. The summed E-state index contributed by atoms with van der Waals surface area (Å²) in [4.78, 5) is 30.4. The molecule has 0 radical (unpaired) electrons. The molecular formula is C26H26ClN3O2. The molecule has 5 nitrogen and oxygen atoms in total. The molecule has 0 bridgehead atoms. The van der Waals surface area contributed by atoms with Crippen LogP contribution in [-0.2, 0) is 4.79 Å². The van der Waals surface area contributed by atoms with Crippen molar-refractivity contribution in [3.8, 4) is 0 Å². The van der Waals surface area contributed by atoms with E-state index in [0.717, 1.165) is 42.1 Å². The van der Waals surface area contributed by atoms with Crippen molar-refractivity contribution in [3.63, 3.8) is 0 Å². The molecule has 2 aromatic carbocycles. The fraction of sp³-hybridized carbons (Fsp3) is 0.269. The Morgan fingerprint density at radius 3 is 2.53 bits per heavy atom. The highest BCUT2D eigenvalue weighted by molar-refractivity contribution is 6.31. The highest BCUT2D eigenvalue weighted by atomic mass is 35.5. The molecule has 1 aliphatic rings. The van der Waals surface area contributed by atoms with Gasteiger partial charge < -0.3 is 10.6 Å². The molecule has 1 saturated carbocycles. The number of aromatic nitrogens is 1. The van der Waals surface area contributed by atoms with Crippen molar-refractivity contribution in [2.45, 2.75) is 45.1 Å². The van der Waals surface area contributed by atoms with E-state index < -0.39 is 0 Å². The SMILES string of the molecule is Cc1ccc2cc(C=C(NC(=O)c3ccccc3)C(=O)NC3CCCCC3)c(Cl)nc2c1. The number of nitrogens with zero attached hydrogens (tertiary/aromatic N) is 1. The predicted octanol–water partition coefficient (Wildman–Crippen LogP) is 5.42. The molecule has 0 unspecified atom stereocenters. The molecular weight excluding hydrogens is 422 g/mol. The highest BCUT2D eigenvalue weighted by Gasteiger charge is 2.20. The molecule has 1 fully saturated rings. The standard InChI is InChI=1S/C26H26ClN3O2/c1-17-12-13-19-15-20(24(27)29-22(19)14-17)16-23(26(32)28-21-10-6-3-7-11-21)30-25(31)18-8-4-2-5-9-18/h2,4-5,8-9,12-16,21H,3,6-7,10-11H2,1H3,(H,28,32)(H,30,31). The summed E-state index contributed by atoms with van der Waals surface area (Å²) in [6.07, 6.45) is 6.89. The summed E-state index contributed by atoms with van der Waals surface area (Å²) in [6, 6.07) is 16.7. The van der Waals surface area contributed by atoms with Crippen LogP contribution in [0.2, 0.25) is 5.15 Å². The number of amides is 2. The van der Waals surface area contributed by atoms with Gasteiger partial charge in [0.2, 0.25) is 0 Å². The second-order valence-corrected chi connectivity index (χ2v) is 8.61. The first-order valence-corrected chi connectivity index (χ1v) is 11.3. The quantitative estimate of drug-likeness (QED) is 0.405. The van der Waals surface area contributed by atoms with Crippen molar-refractivity contribution in [1.29, 1.82) is 0 Å². The molecule has 0 aliphatic heterocycles. The molecule has 1 aliphatic carbocycles. The third-order valence-electron chi connectivity index (χ3n) is 5.72. The number of rotatable bonds is 5. The van der Waals surface area contributed by atoms with Crippen molar-refractivity contribution in [3.05, 3.63) is 82.1 Å². The second-order valence-electron chi connectivity index (χ2n) is 8.25. The Labute approximate surface area is 192 Å². The number of halogens is 1. The van der Waals surface area contributed by atoms with Crippen LogP contribution in [0.4, 0.5) is 0 Å². The molecule has 1 aromatic heterocycles. The Kier molecular flexibility index (Phi) is 6.86. The normalized spacial score (nSPS) is 14.9. The predicted molar refractivity (Wildman–Crippen MR) is 128 cm³/mol. The van der Waals surface area contributed by atoms with E-state index in [1.165, 1.54) is 6.42 Å². The summed E-state index contributed by atoms with van der Waals surface area (Å²) in [5.74, 6) is -0.669. The van der Waals surface area contributed by atoms with Crippen LogP contribution < -0.4 is 10.6 Å². The van der Waals surface area contributed by atoms with Crippen molar-refractivity contribution in [1.82, 2.24) is 15.6 Å². The lowest BCUT2D eigenvalue weighted by Gasteiger charge is -2.23. The molecule has 0 spiro atoms. The van der Waals surface area contributed by atoms with Gasteiger partial charge in [-0.25, -0.2) is 4.98 Å². The van der Waals surface area contributed by atoms with Gasteiger partial charge in [-0.05, 0) is 55.7 Å². The van der Waals surface area contributed by atoms with E-state index in [4.69, 9.17) is 11.6 Å². The van der Waals surface area contributed by atoms with Gasteiger partial charge in [0.15, 0.2) is 0 Å². The number of fused-ring (bicyclic) bond motifs is 1. The Morgan fingerprint density at radius 2 is 1.78 bits per heavy atom. The molecule has 3 aromatic rings. The van der Waals surface area contributed by atoms with Gasteiger partial charge >= 0.3 is 0 Å². The number of hydrogen-bond acceptors (Lipinski definition) is 3. The van der Waals surface area contributed by atoms with Gasteiger partial charge in [0.05, 0.1) is 5.52 Å². The maximum absolute atomic E-state index is 13.1. The van der Waals surface area contributed by atoms with Crippen LogP contribution >= 0.6 is 11.6 Å². The van der Waals surface area contributed by atoms with Crippen molar-refractivity contribution >= 4 is 40.4 Å². The van der Waals surface area contributed by atoms with Crippen molar-refractivity contribution < 1.29 is 9.59 Å². The maximum Gasteiger partial charge on any atom is 0.268 e. The van der Waals surface area contributed by atoms with Gasteiger partial charge in [0.25, 0.3) is 11.8 Å². The maximum atomic E-state index is 13.1. The Morgan fingerprint density at radius 1 is 1.03 bits per heavy atom. The molecule has 4 rings (SSSR count). The molecule has 32 heavy (non-hydrogen) atoms. The van der Waals surface area contributed by atoms with Crippen LogP contribution in [0.3, 0.4) is 0 Å². The minimum atomic E-state index is -0.351. The molecule has 6 heteroatoms. The average molecular weight is 448 g/mol. The average Bonchev–Trinajstić information content (AvgIpc) is 2.80.